The Labute approximate surface area is 83.3 Å². The van der Waals surface area contributed by atoms with Crippen LogP contribution in [-0.4, -0.2) is 11.5 Å². The Bertz CT molecular complexity index is 304. The Morgan fingerprint density at radius 3 is 2.64 bits per heavy atom. The van der Waals surface area contributed by atoms with Crippen LogP contribution in [0.5, 0.6) is 0 Å². The van der Waals surface area contributed by atoms with E-state index in [4.69, 9.17) is 5.73 Å². The zero-order chi connectivity index (χ0) is 10.0. The topological polar surface area (TPSA) is 38.9 Å². The van der Waals surface area contributed by atoms with Crippen LogP contribution >= 0.6 is 0 Å². The third-order valence-electron chi connectivity index (χ3n) is 3.20. The van der Waals surface area contributed by atoms with E-state index in [0.717, 1.165) is 25.0 Å². The van der Waals surface area contributed by atoms with Gasteiger partial charge in [-0.15, -0.1) is 0 Å². The van der Waals surface area contributed by atoms with Gasteiger partial charge in [0, 0.05) is 11.1 Å². The number of nitrogens with zero attached hydrogens (tertiary/aromatic N) is 1. The summed E-state index contributed by atoms with van der Waals surface area (Å²) in [6.07, 6.45) is 5.78. The van der Waals surface area contributed by atoms with Crippen molar-refractivity contribution in [1.82, 2.24) is 4.98 Å². The van der Waals surface area contributed by atoms with Gasteiger partial charge in [0.15, 0.2) is 0 Å². The Balaban J connectivity index is 2.23. The van der Waals surface area contributed by atoms with Crippen LogP contribution in [0.4, 0.5) is 4.39 Å². The van der Waals surface area contributed by atoms with Crippen molar-refractivity contribution in [1.29, 1.82) is 0 Å². The zero-order valence-electron chi connectivity index (χ0n) is 8.17. The molecular weight excluding hydrogens is 179 g/mol. The van der Waals surface area contributed by atoms with Crippen molar-refractivity contribution in [3.63, 3.8) is 0 Å². The number of nitrogens with two attached hydrogens (primary N) is 1. The van der Waals surface area contributed by atoms with E-state index in [1.807, 2.05) is 0 Å². The lowest BCUT2D eigenvalue weighted by Crippen LogP contribution is -2.37. The molecule has 0 atom stereocenters. The zero-order valence-corrected chi connectivity index (χ0v) is 8.17. The van der Waals surface area contributed by atoms with Crippen molar-refractivity contribution >= 4 is 0 Å². The molecule has 1 saturated carbocycles. The van der Waals surface area contributed by atoms with Crippen LogP contribution in [0.2, 0.25) is 0 Å². The first-order valence-electron chi connectivity index (χ1n) is 5.09. The lowest BCUT2D eigenvalue weighted by Gasteiger charge is -2.41. The summed E-state index contributed by atoms with van der Waals surface area (Å²) < 4.78 is 12.7. The van der Waals surface area contributed by atoms with Crippen LogP contribution in [0, 0.1) is 5.82 Å². The van der Waals surface area contributed by atoms with Gasteiger partial charge < -0.3 is 5.73 Å². The van der Waals surface area contributed by atoms with Gasteiger partial charge in [-0.1, -0.05) is 6.42 Å². The molecule has 0 unspecified atom stereocenters. The quantitative estimate of drug-likeness (QED) is 0.799. The molecule has 14 heavy (non-hydrogen) atoms. The predicted molar refractivity (Wildman–Crippen MR) is 53.4 cm³/mol. The molecule has 3 heteroatoms. The van der Waals surface area contributed by atoms with Crippen LogP contribution in [0.3, 0.4) is 0 Å². The van der Waals surface area contributed by atoms with E-state index in [1.165, 1.54) is 18.7 Å². The Hall–Kier alpha value is -0.960. The standard InChI is InChI=1S/C11H15FN2/c12-9-2-3-10(14-8-9)11(6-7-13)4-1-5-11/h2-3,8H,1,4-7,13H2. The highest BCUT2D eigenvalue weighted by molar-refractivity contribution is 5.20. The fourth-order valence-electron chi connectivity index (χ4n) is 2.20. The summed E-state index contributed by atoms with van der Waals surface area (Å²) in [6, 6.07) is 3.28. The molecule has 0 radical (unpaired) electrons. The van der Waals surface area contributed by atoms with Crippen molar-refractivity contribution < 1.29 is 4.39 Å². The van der Waals surface area contributed by atoms with Crippen molar-refractivity contribution in [2.75, 3.05) is 6.54 Å². The highest BCUT2D eigenvalue weighted by Crippen LogP contribution is 2.45. The molecule has 0 aliphatic heterocycles. The van der Waals surface area contributed by atoms with E-state index in [2.05, 4.69) is 4.98 Å². The Morgan fingerprint density at radius 2 is 2.21 bits per heavy atom. The fraction of sp³-hybridized carbons (Fsp3) is 0.545. The maximum Gasteiger partial charge on any atom is 0.141 e. The van der Waals surface area contributed by atoms with Gasteiger partial charge in [-0.05, 0) is 37.9 Å². The maximum absolute atomic E-state index is 12.7. The van der Waals surface area contributed by atoms with Gasteiger partial charge >= 0.3 is 0 Å². The third kappa shape index (κ3) is 1.52. The van der Waals surface area contributed by atoms with Crippen LogP contribution in [0.1, 0.15) is 31.4 Å². The summed E-state index contributed by atoms with van der Waals surface area (Å²) in [6.45, 7) is 0.680. The smallest absolute Gasteiger partial charge is 0.141 e. The molecule has 0 saturated heterocycles. The molecule has 1 heterocycles. The average Bonchev–Trinajstić information content (AvgIpc) is 2.13. The molecule has 2 nitrogen and oxygen atoms in total. The van der Waals surface area contributed by atoms with E-state index in [9.17, 15) is 4.39 Å². The molecule has 2 rings (SSSR count). The number of aromatic nitrogens is 1. The lowest BCUT2D eigenvalue weighted by atomic mass is 9.64. The fourth-order valence-corrected chi connectivity index (χ4v) is 2.20. The first-order chi connectivity index (χ1) is 6.77. The summed E-state index contributed by atoms with van der Waals surface area (Å²) in [5, 5.41) is 0. The predicted octanol–water partition coefficient (Wildman–Crippen LogP) is 1.99. The SMILES string of the molecule is NCCC1(c2ccc(F)cn2)CCC1. The molecule has 1 aliphatic rings. The second kappa shape index (κ2) is 3.65. The summed E-state index contributed by atoms with van der Waals surface area (Å²) >= 11 is 0. The summed E-state index contributed by atoms with van der Waals surface area (Å²) in [4.78, 5) is 4.16. The minimum atomic E-state index is -0.268. The van der Waals surface area contributed by atoms with Gasteiger partial charge in [0.1, 0.15) is 5.82 Å². The number of hydrogen-bond acceptors (Lipinski definition) is 2. The van der Waals surface area contributed by atoms with Crippen molar-refractivity contribution in [3.8, 4) is 0 Å². The van der Waals surface area contributed by atoms with E-state index in [-0.39, 0.29) is 11.2 Å². The molecule has 0 aromatic carbocycles. The molecule has 1 aromatic heterocycles. The van der Waals surface area contributed by atoms with E-state index in [1.54, 1.807) is 6.07 Å². The summed E-state index contributed by atoms with van der Waals surface area (Å²) in [5.41, 5.74) is 6.75. The largest absolute Gasteiger partial charge is 0.330 e. The molecule has 2 N–H and O–H groups in total. The monoisotopic (exact) mass is 194 g/mol. The Morgan fingerprint density at radius 1 is 1.43 bits per heavy atom. The van der Waals surface area contributed by atoms with E-state index < -0.39 is 0 Å². The summed E-state index contributed by atoms with van der Waals surface area (Å²) in [7, 11) is 0. The minimum Gasteiger partial charge on any atom is -0.330 e. The molecular formula is C11H15FN2. The number of hydrogen-bond donors (Lipinski definition) is 1. The molecule has 0 spiro atoms. The van der Waals surface area contributed by atoms with Crippen LogP contribution < -0.4 is 5.73 Å². The highest BCUT2D eigenvalue weighted by atomic mass is 19.1. The van der Waals surface area contributed by atoms with Gasteiger partial charge in [-0.2, -0.15) is 0 Å². The number of halogens is 1. The van der Waals surface area contributed by atoms with E-state index >= 15 is 0 Å². The Kier molecular flexibility index (Phi) is 2.50. The third-order valence-corrected chi connectivity index (χ3v) is 3.20. The molecule has 1 aromatic rings. The summed E-state index contributed by atoms with van der Waals surface area (Å²) in [5.74, 6) is -0.268. The van der Waals surface area contributed by atoms with Gasteiger partial charge in [0.05, 0.1) is 6.20 Å². The minimum absolute atomic E-state index is 0.155. The molecule has 1 aliphatic carbocycles. The van der Waals surface area contributed by atoms with Crippen LogP contribution in [0.15, 0.2) is 18.3 Å². The second-order valence-electron chi connectivity index (χ2n) is 4.03. The van der Waals surface area contributed by atoms with Gasteiger partial charge in [0.25, 0.3) is 0 Å². The first kappa shape index (κ1) is 9.59. The normalized spacial score (nSPS) is 19.0. The van der Waals surface area contributed by atoms with Gasteiger partial charge in [0.2, 0.25) is 0 Å². The average molecular weight is 194 g/mol. The molecule has 0 bridgehead atoms. The maximum atomic E-state index is 12.7. The van der Waals surface area contributed by atoms with Crippen molar-refractivity contribution in [2.45, 2.75) is 31.1 Å². The van der Waals surface area contributed by atoms with Crippen molar-refractivity contribution in [2.24, 2.45) is 5.73 Å². The van der Waals surface area contributed by atoms with Crippen molar-refractivity contribution in [3.05, 3.63) is 29.8 Å². The van der Waals surface area contributed by atoms with E-state index in [0.29, 0.717) is 6.54 Å². The lowest BCUT2D eigenvalue weighted by molar-refractivity contribution is 0.222. The first-order valence-corrected chi connectivity index (χ1v) is 5.09. The van der Waals surface area contributed by atoms with Gasteiger partial charge in [-0.25, -0.2) is 4.39 Å². The molecule has 0 amide bonds. The van der Waals surface area contributed by atoms with Gasteiger partial charge in [-0.3, -0.25) is 4.98 Å². The molecule has 1 fully saturated rings. The molecule has 76 valence electrons. The van der Waals surface area contributed by atoms with Crippen LogP contribution in [0.25, 0.3) is 0 Å². The second-order valence-corrected chi connectivity index (χ2v) is 4.03. The highest BCUT2D eigenvalue weighted by Gasteiger charge is 2.38. The number of pyridine rings is 1. The number of rotatable bonds is 3. The van der Waals surface area contributed by atoms with Crippen LogP contribution in [-0.2, 0) is 5.41 Å².